The number of terminal acetylenes is 1. The lowest BCUT2D eigenvalue weighted by Gasteiger charge is -2.41. The number of hydrogen-bond donors (Lipinski definition) is 0. The van der Waals surface area contributed by atoms with E-state index >= 15 is 0 Å². The number of carbonyl (C=O) groups excluding carboxylic acids is 2. The van der Waals surface area contributed by atoms with Crippen molar-refractivity contribution in [1.29, 1.82) is 0 Å². The van der Waals surface area contributed by atoms with Gasteiger partial charge in [-0.25, -0.2) is 14.0 Å². The number of ether oxygens (including phenoxy) is 11. The second-order valence-electron chi connectivity index (χ2n) is 52.3. The van der Waals surface area contributed by atoms with E-state index in [9.17, 15) is 14.0 Å². The van der Waals surface area contributed by atoms with Crippen LogP contribution in [0, 0.1) is 114 Å². The van der Waals surface area contributed by atoms with Crippen LogP contribution in [-0.4, -0.2) is 259 Å². The molecule has 11 aliphatic rings. The fourth-order valence-corrected chi connectivity index (χ4v) is 20.7. The summed E-state index contributed by atoms with van der Waals surface area (Å²) in [4.78, 5) is 42.2. The lowest BCUT2D eigenvalue weighted by atomic mass is 9.75. The normalized spacial score (nSPS) is 20.8. The van der Waals surface area contributed by atoms with Crippen molar-refractivity contribution in [3.8, 4) is 12.3 Å². The zero-order valence-corrected chi connectivity index (χ0v) is 99.3. The molecule has 0 radical (unpaired) electrons. The lowest BCUT2D eigenvalue weighted by Crippen LogP contribution is -2.39. The Morgan fingerprint density at radius 1 is 0.333 bits per heavy atom. The second kappa shape index (κ2) is 63.5. The monoisotopic (exact) mass is 2030 g/mol. The van der Waals surface area contributed by atoms with Crippen molar-refractivity contribution in [2.75, 3.05) is 185 Å². The first-order valence-corrected chi connectivity index (χ1v) is 56.4. The van der Waals surface area contributed by atoms with Crippen LogP contribution in [0.5, 0.6) is 0 Å². The molecule has 10 saturated heterocycles. The molecule has 0 N–H and O–H groups in total. The molecular formula is C121H224FN9O13. The summed E-state index contributed by atoms with van der Waals surface area (Å²) in [6.07, 6.45) is 31.6. The molecule has 2 amide bonds. The molecule has 0 bridgehead atoms. The molecule has 10 heterocycles. The van der Waals surface area contributed by atoms with Gasteiger partial charge in [-0.15, -0.1) is 12.3 Å². The quantitative estimate of drug-likeness (QED) is 0.0330. The second-order valence-corrected chi connectivity index (χ2v) is 52.3. The van der Waals surface area contributed by atoms with Gasteiger partial charge in [0.05, 0.1) is 39.1 Å². The van der Waals surface area contributed by atoms with Crippen LogP contribution < -0.4 is 0 Å². The molecule has 0 spiro atoms. The number of likely N-dealkylation sites (tertiary alicyclic amines) is 9. The number of carbonyl (C=O) groups is 2. The van der Waals surface area contributed by atoms with Crippen LogP contribution in [0.3, 0.4) is 0 Å². The van der Waals surface area contributed by atoms with Gasteiger partial charge in [0, 0.05) is 138 Å². The minimum Gasteiger partial charge on any atom is -0.480 e. The Morgan fingerprint density at radius 3 is 0.840 bits per heavy atom. The number of methoxy groups -OCH3 is 1. The molecule has 838 valence electrons. The molecule has 10 aliphatic heterocycles. The highest BCUT2D eigenvalue weighted by molar-refractivity contribution is 5.68. The Bertz CT molecular complexity index is 3610. The van der Waals surface area contributed by atoms with Crippen molar-refractivity contribution in [1.82, 2.24) is 44.1 Å². The van der Waals surface area contributed by atoms with Gasteiger partial charge in [0.15, 0.2) is 48.0 Å². The Morgan fingerprint density at radius 2 is 0.597 bits per heavy atom. The highest BCUT2D eigenvalue weighted by Gasteiger charge is 2.40. The first-order valence-electron chi connectivity index (χ1n) is 56.4. The van der Waals surface area contributed by atoms with Gasteiger partial charge in [-0.05, 0) is 304 Å². The minimum atomic E-state index is -0.609. The van der Waals surface area contributed by atoms with E-state index in [0.29, 0.717) is 80.9 Å². The van der Waals surface area contributed by atoms with Crippen LogP contribution in [0.25, 0.3) is 0 Å². The van der Waals surface area contributed by atoms with Gasteiger partial charge in [-0.3, -0.25) is 0 Å². The van der Waals surface area contributed by atoms with Crippen molar-refractivity contribution in [3.05, 3.63) is 87.2 Å². The van der Waals surface area contributed by atoms with Crippen LogP contribution in [0.2, 0.25) is 0 Å². The van der Waals surface area contributed by atoms with Gasteiger partial charge in [-0.1, -0.05) is 194 Å². The summed E-state index contributed by atoms with van der Waals surface area (Å²) in [7, 11) is 1.62. The van der Waals surface area contributed by atoms with Gasteiger partial charge in [0.1, 0.15) is 32.1 Å². The molecule has 0 aromatic rings. The Kier molecular flexibility index (Phi) is 58.0. The average Bonchev–Trinajstić information content (AvgIpc) is 1.81. The summed E-state index contributed by atoms with van der Waals surface area (Å²) in [6.45, 7) is 122. The molecule has 1 aliphatic carbocycles. The fourth-order valence-electron chi connectivity index (χ4n) is 20.7. The third-order valence-corrected chi connectivity index (χ3v) is 32.0. The molecule has 0 aromatic carbocycles. The van der Waals surface area contributed by atoms with E-state index in [4.69, 9.17) is 58.5 Å². The van der Waals surface area contributed by atoms with Crippen molar-refractivity contribution in [2.24, 2.45) is 102 Å². The molecule has 11 rings (SSSR count). The predicted molar refractivity (Wildman–Crippen MR) is 598 cm³/mol. The highest BCUT2D eigenvalue weighted by Crippen LogP contribution is 2.44. The SMILES string of the molecule is C#CCCOC(=C)N1CCC(C(C)(C)C)CC1.C=C(OC(C)C)N1CCC(C(C)(C)C)CC1.C=C(OC1CCC1)N1CCC(C(C)(C)C)CC1.C=C(OC1CCOC1)N1CCC(C(C)(C)C)CC1.C=C(OCC)N1CCC(C(C)(C)C)CC1.C=C(OCCC)N1CCC(C(C)(C)C)CC1.C=C(OCOC)N1CCC(C(C)(C)C)CC1.CC(C)(C)C1CCN(C(=O)OCCF)C1.CCOC(=O)N1CCC(C(C)(C)C)C1. The zero-order valence-electron chi connectivity index (χ0n) is 99.3. The number of rotatable bonds is 27. The number of hydrogen-bond acceptors (Lipinski definition) is 20. The fraction of sp³-hybridized carbons (Fsp3) is 0.851. The molecular weight excluding hydrogens is 1810 g/mol. The molecule has 0 aromatic heterocycles. The molecule has 3 unspecified atom stereocenters. The van der Waals surface area contributed by atoms with Crippen molar-refractivity contribution in [3.63, 3.8) is 0 Å². The van der Waals surface area contributed by atoms with Gasteiger partial charge < -0.3 is 96.2 Å². The third-order valence-electron chi connectivity index (χ3n) is 32.0. The van der Waals surface area contributed by atoms with Crippen molar-refractivity contribution in [2.45, 2.75) is 381 Å². The molecule has 23 heteroatoms. The molecule has 1 saturated carbocycles. The maximum atomic E-state index is 11.8. The van der Waals surface area contributed by atoms with Crippen LogP contribution >= 0.6 is 0 Å². The zero-order chi connectivity index (χ0) is 109. The summed E-state index contributed by atoms with van der Waals surface area (Å²) in [5.74, 6) is 15.3. The van der Waals surface area contributed by atoms with E-state index in [1.807, 2.05) is 32.6 Å². The smallest absolute Gasteiger partial charge is 0.409 e. The highest BCUT2D eigenvalue weighted by atomic mass is 19.1. The first-order chi connectivity index (χ1) is 66.9. The van der Waals surface area contributed by atoms with Gasteiger partial charge in [0.2, 0.25) is 0 Å². The Labute approximate surface area is 884 Å². The molecule has 11 fully saturated rings. The molecule has 3 atom stereocenters. The maximum absolute atomic E-state index is 11.8. The topological polar surface area (TPSA) is 165 Å². The average molecular weight is 2030 g/mol. The standard InChI is InChI=1S/C15H27NO2.C15H27NO.C15H25NO.2C14H27NO.C13H25NO2.C13H25NO.C11H20FNO2.C11H21NO2/c1-12(18-14-7-10-17-11-14)16-8-5-13(6-9-16)15(2,3)4;1-12(17-14-6-5-7-14)16-10-8-13(9-11-16)15(2,3)4;1-6-7-12-17-13(2)16-10-8-14(9-11-16)15(3,4)5;1-11(2)16-12(3)15-9-7-13(8-10-15)14(4,5)6;1-6-11-16-12(2)15-9-7-13(8-10-15)14(3,4)5;1-11(16-10-15-5)14-8-6-12(7-9-14)13(2,3)4;1-6-15-11(2)14-9-7-12(8-10-14)13(3,4)5;1-11(2,3)9-4-6-13(8-9)10(14)15-7-5-12;1-5-14-10(13)12-7-6-9(8-12)11(2,3)4/h13-14H,1,5-11H2,2-4H3;13-14H,1,5-11H2,2-4H3;1,14H,2,7-12H2,3-5H3;11,13H,3,7-10H2,1-2,4-6H3;13H,2,6-11H2,1,3-5H3;12H,1,6-10H2,2-5H3;12H,2,6-10H2,1,3-5H3;9H,4-8H2,1-3H3;9H,5-8H2,1-4H3. The van der Waals surface area contributed by atoms with E-state index in [0.717, 1.165) is 253 Å². The maximum Gasteiger partial charge on any atom is 0.409 e. The van der Waals surface area contributed by atoms with E-state index in [1.54, 1.807) is 12.0 Å². The minimum absolute atomic E-state index is 0.129. The van der Waals surface area contributed by atoms with E-state index in [-0.39, 0.29) is 43.2 Å². The Hall–Kier alpha value is -6.67. The largest absolute Gasteiger partial charge is 0.480 e. The Balaban J connectivity index is 0.000000417. The summed E-state index contributed by atoms with van der Waals surface area (Å²) in [5.41, 5.74) is 3.54. The predicted octanol–water partition coefficient (Wildman–Crippen LogP) is 28.4. The number of alkyl halides is 1. The number of piperidine rings is 7. The van der Waals surface area contributed by atoms with Crippen LogP contribution in [-0.2, 0) is 52.1 Å². The van der Waals surface area contributed by atoms with Gasteiger partial charge in [0.25, 0.3) is 0 Å². The number of halogens is 1. The van der Waals surface area contributed by atoms with Crippen LogP contribution in [0.15, 0.2) is 87.2 Å². The summed E-state index contributed by atoms with van der Waals surface area (Å²) in [6, 6.07) is 0. The lowest BCUT2D eigenvalue weighted by molar-refractivity contribution is -0.0322. The molecule has 144 heavy (non-hydrogen) atoms. The number of amides is 2. The van der Waals surface area contributed by atoms with E-state index in [1.165, 1.54) is 109 Å². The molecule has 22 nitrogen and oxygen atoms in total. The third kappa shape index (κ3) is 50.8. The van der Waals surface area contributed by atoms with E-state index < -0.39 is 6.67 Å². The van der Waals surface area contributed by atoms with Gasteiger partial charge >= 0.3 is 12.2 Å². The van der Waals surface area contributed by atoms with Crippen LogP contribution in [0.4, 0.5) is 14.0 Å². The van der Waals surface area contributed by atoms with Crippen LogP contribution in [0.1, 0.15) is 363 Å². The number of nitrogens with zero attached hydrogens (tertiary/aromatic N) is 9. The van der Waals surface area contributed by atoms with E-state index in [2.05, 4.69) is 280 Å². The van der Waals surface area contributed by atoms with Crippen molar-refractivity contribution >= 4 is 12.2 Å². The summed E-state index contributed by atoms with van der Waals surface area (Å²) < 4.78 is 71.0. The summed E-state index contributed by atoms with van der Waals surface area (Å²) in [5, 5.41) is 0. The van der Waals surface area contributed by atoms with Crippen molar-refractivity contribution < 1.29 is 66.1 Å². The first kappa shape index (κ1) is 131. The summed E-state index contributed by atoms with van der Waals surface area (Å²) >= 11 is 0. The van der Waals surface area contributed by atoms with Gasteiger partial charge in [-0.2, -0.15) is 0 Å².